The monoisotopic (exact) mass is 389 g/mol. The fourth-order valence-electron chi connectivity index (χ4n) is 3.43. The number of nitrogens with one attached hydrogen (secondary N) is 1. The molecule has 1 atom stereocenters. The summed E-state index contributed by atoms with van der Waals surface area (Å²) in [4.78, 5) is 21.6. The van der Waals surface area contributed by atoms with Gasteiger partial charge in [-0.3, -0.25) is 0 Å². The lowest BCUT2D eigenvalue weighted by molar-refractivity contribution is 0.0526. The molecule has 0 saturated carbocycles. The first-order valence-electron chi connectivity index (χ1n) is 9.75. The van der Waals surface area contributed by atoms with Crippen LogP contribution in [0.5, 0.6) is 5.75 Å². The molecule has 0 fully saturated rings. The van der Waals surface area contributed by atoms with Crippen LogP contribution in [0.25, 0.3) is 11.4 Å². The molecule has 2 heterocycles. The second-order valence-electron chi connectivity index (χ2n) is 6.92. The van der Waals surface area contributed by atoms with Gasteiger partial charge in [0.15, 0.2) is 5.82 Å². The summed E-state index contributed by atoms with van der Waals surface area (Å²) >= 11 is 0. The summed E-state index contributed by atoms with van der Waals surface area (Å²) in [5.74, 6) is 1.44. The van der Waals surface area contributed by atoms with Crippen molar-refractivity contribution in [1.29, 1.82) is 0 Å². The summed E-state index contributed by atoms with van der Waals surface area (Å²) in [6.07, 6.45) is 2.30. The van der Waals surface area contributed by atoms with Crippen LogP contribution in [0.3, 0.4) is 0 Å². The van der Waals surface area contributed by atoms with Crippen LogP contribution < -0.4 is 10.1 Å². The van der Waals surface area contributed by atoms with Gasteiger partial charge >= 0.3 is 5.97 Å². The lowest BCUT2D eigenvalue weighted by Crippen LogP contribution is -2.22. The highest BCUT2D eigenvalue weighted by Crippen LogP contribution is 2.34. The third-order valence-electron chi connectivity index (χ3n) is 4.83. The van der Waals surface area contributed by atoms with E-state index in [1.807, 2.05) is 55.5 Å². The molecule has 2 aromatic carbocycles. The summed E-state index contributed by atoms with van der Waals surface area (Å²) in [5, 5.41) is 3.44. The quantitative estimate of drug-likeness (QED) is 0.645. The van der Waals surface area contributed by atoms with Crippen LogP contribution in [0, 0.1) is 6.92 Å². The summed E-state index contributed by atoms with van der Waals surface area (Å²) in [6, 6.07) is 15.9. The Balaban J connectivity index is 1.73. The minimum Gasteiger partial charge on any atom is -0.493 e. The second kappa shape index (κ2) is 8.31. The van der Waals surface area contributed by atoms with E-state index >= 15 is 0 Å². The molecule has 29 heavy (non-hydrogen) atoms. The maximum atomic E-state index is 12.5. The molecule has 1 aromatic heterocycles. The SMILES string of the molecule is CCOC(=O)c1cnc(-c2cccc(C)c2)nc1NC1CCOc2ccccc21. The van der Waals surface area contributed by atoms with Gasteiger partial charge in [0, 0.05) is 23.7 Å². The predicted molar refractivity (Wildman–Crippen MR) is 111 cm³/mol. The van der Waals surface area contributed by atoms with Gasteiger partial charge in [-0.15, -0.1) is 0 Å². The van der Waals surface area contributed by atoms with Crippen LogP contribution in [0.2, 0.25) is 0 Å². The van der Waals surface area contributed by atoms with E-state index in [9.17, 15) is 4.79 Å². The molecule has 0 radical (unpaired) electrons. The van der Waals surface area contributed by atoms with Crippen LogP contribution in [0.4, 0.5) is 5.82 Å². The zero-order valence-electron chi connectivity index (χ0n) is 16.5. The topological polar surface area (TPSA) is 73.3 Å². The predicted octanol–water partition coefficient (Wildman–Crippen LogP) is 4.56. The van der Waals surface area contributed by atoms with Gasteiger partial charge in [0.05, 0.1) is 19.3 Å². The Labute approximate surface area is 169 Å². The van der Waals surface area contributed by atoms with Crippen LogP contribution >= 0.6 is 0 Å². The zero-order chi connectivity index (χ0) is 20.2. The first-order chi connectivity index (χ1) is 14.2. The maximum absolute atomic E-state index is 12.5. The van der Waals surface area contributed by atoms with Gasteiger partial charge in [-0.05, 0) is 26.0 Å². The summed E-state index contributed by atoms with van der Waals surface area (Å²) in [7, 11) is 0. The van der Waals surface area contributed by atoms with Gasteiger partial charge in [-0.1, -0.05) is 42.0 Å². The molecular formula is C23H23N3O3. The summed E-state index contributed by atoms with van der Waals surface area (Å²) < 4.78 is 11.0. The third-order valence-corrected chi connectivity index (χ3v) is 4.83. The van der Waals surface area contributed by atoms with Gasteiger partial charge in [-0.2, -0.15) is 0 Å². The molecule has 1 unspecified atom stereocenters. The Morgan fingerprint density at radius 2 is 2.10 bits per heavy atom. The lowest BCUT2D eigenvalue weighted by Gasteiger charge is -2.27. The van der Waals surface area contributed by atoms with E-state index in [4.69, 9.17) is 14.5 Å². The highest BCUT2D eigenvalue weighted by Gasteiger charge is 2.24. The van der Waals surface area contributed by atoms with E-state index in [1.54, 1.807) is 6.92 Å². The number of aryl methyl sites for hydroxylation is 1. The number of esters is 1. The molecule has 148 valence electrons. The molecule has 6 nitrogen and oxygen atoms in total. The van der Waals surface area contributed by atoms with E-state index in [0.29, 0.717) is 23.8 Å². The van der Waals surface area contributed by atoms with Gasteiger partial charge in [0.2, 0.25) is 0 Å². The van der Waals surface area contributed by atoms with E-state index < -0.39 is 5.97 Å². The summed E-state index contributed by atoms with van der Waals surface area (Å²) in [5.41, 5.74) is 3.39. The van der Waals surface area contributed by atoms with Crippen molar-refractivity contribution in [3.8, 4) is 17.1 Å². The number of para-hydroxylation sites is 1. The number of hydrogen-bond acceptors (Lipinski definition) is 6. The fourth-order valence-corrected chi connectivity index (χ4v) is 3.43. The van der Waals surface area contributed by atoms with Crippen molar-refractivity contribution in [2.24, 2.45) is 0 Å². The standard InChI is InChI=1S/C23H23N3O3/c1-3-28-23(27)18-14-24-21(16-8-6-7-15(2)13-16)26-22(18)25-19-11-12-29-20-10-5-4-9-17(19)20/h4-10,13-14,19H,3,11-12H2,1-2H3,(H,24,25,26). The van der Waals surface area contributed by atoms with Crippen molar-refractivity contribution in [3.63, 3.8) is 0 Å². The average molecular weight is 389 g/mol. The molecule has 0 spiro atoms. The van der Waals surface area contributed by atoms with Crippen LogP contribution in [0.15, 0.2) is 54.7 Å². The molecule has 3 aromatic rings. The number of anilines is 1. The molecular weight excluding hydrogens is 366 g/mol. The first-order valence-corrected chi connectivity index (χ1v) is 9.75. The van der Waals surface area contributed by atoms with Crippen LogP contribution in [-0.2, 0) is 4.74 Å². The smallest absolute Gasteiger partial charge is 0.343 e. The van der Waals surface area contributed by atoms with Crippen molar-refractivity contribution >= 4 is 11.8 Å². The Kier molecular flexibility index (Phi) is 5.42. The van der Waals surface area contributed by atoms with Crippen molar-refractivity contribution in [2.75, 3.05) is 18.5 Å². The fraction of sp³-hybridized carbons (Fsp3) is 0.261. The number of fused-ring (bicyclic) bond motifs is 1. The molecule has 0 bridgehead atoms. The number of aromatic nitrogens is 2. The minimum atomic E-state index is -0.439. The summed E-state index contributed by atoms with van der Waals surface area (Å²) in [6.45, 7) is 4.69. The van der Waals surface area contributed by atoms with E-state index in [2.05, 4.69) is 10.3 Å². The van der Waals surface area contributed by atoms with E-state index in [-0.39, 0.29) is 12.6 Å². The van der Waals surface area contributed by atoms with Gasteiger partial charge < -0.3 is 14.8 Å². The second-order valence-corrected chi connectivity index (χ2v) is 6.92. The molecule has 1 N–H and O–H groups in total. The molecule has 6 heteroatoms. The maximum Gasteiger partial charge on any atom is 0.343 e. The van der Waals surface area contributed by atoms with Crippen molar-refractivity contribution in [1.82, 2.24) is 9.97 Å². The van der Waals surface area contributed by atoms with Crippen molar-refractivity contribution in [3.05, 3.63) is 71.4 Å². The van der Waals surface area contributed by atoms with Crippen molar-refractivity contribution in [2.45, 2.75) is 26.3 Å². The molecule has 4 rings (SSSR count). The largest absolute Gasteiger partial charge is 0.493 e. The number of ether oxygens (including phenoxy) is 2. The highest BCUT2D eigenvalue weighted by atomic mass is 16.5. The number of nitrogens with zero attached hydrogens (tertiary/aromatic N) is 2. The molecule has 0 amide bonds. The number of hydrogen-bond donors (Lipinski definition) is 1. The van der Waals surface area contributed by atoms with Crippen LogP contribution in [-0.4, -0.2) is 29.2 Å². The van der Waals surface area contributed by atoms with Gasteiger partial charge in [0.25, 0.3) is 0 Å². The minimum absolute atomic E-state index is 0.0200. The normalized spacial score (nSPS) is 15.2. The van der Waals surface area contributed by atoms with Gasteiger partial charge in [-0.25, -0.2) is 14.8 Å². The Bertz CT molecular complexity index is 1040. The molecule has 1 aliphatic heterocycles. The highest BCUT2D eigenvalue weighted by molar-refractivity contribution is 5.94. The Morgan fingerprint density at radius 3 is 2.93 bits per heavy atom. The number of carbonyl (C=O) groups excluding carboxylic acids is 1. The number of carbonyl (C=O) groups is 1. The van der Waals surface area contributed by atoms with Crippen molar-refractivity contribution < 1.29 is 14.3 Å². The molecule has 0 aliphatic carbocycles. The zero-order valence-corrected chi connectivity index (χ0v) is 16.5. The van der Waals surface area contributed by atoms with E-state index in [1.165, 1.54) is 6.20 Å². The first kappa shape index (κ1) is 18.9. The molecule has 1 aliphatic rings. The van der Waals surface area contributed by atoms with Crippen LogP contribution in [0.1, 0.15) is 40.9 Å². The Hall–Kier alpha value is -3.41. The molecule has 0 saturated heterocycles. The lowest BCUT2D eigenvalue weighted by atomic mass is 10.0. The number of rotatable bonds is 5. The number of benzene rings is 2. The third kappa shape index (κ3) is 4.06. The van der Waals surface area contributed by atoms with Gasteiger partial charge in [0.1, 0.15) is 17.1 Å². The average Bonchev–Trinajstić information content (AvgIpc) is 2.74. The van der Waals surface area contributed by atoms with E-state index in [0.717, 1.165) is 28.9 Å². The Morgan fingerprint density at radius 1 is 1.24 bits per heavy atom.